The Labute approximate surface area is 89.9 Å². The Balaban J connectivity index is 2.97. The second-order valence-electron chi connectivity index (χ2n) is 3.28. The third-order valence-electron chi connectivity index (χ3n) is 1.93. The van der Waals surface area contributed by atoms with Crippen LogP contribution in [0.15, 0.2) is 12.1 Å². The summed E-state index contributed by atoms with van der Waals surface area (Å²) in [6, 6.07) is 0.907. The Bertz CT molecular complexity index is 409. The average molecular weight is 233 g/mol. The van der Waals surface area contributed by atoms with Gasteiger partial charge in [-0.15, -0.1) is 0 Å². The molecule has 0 fully saturated rings. The molecule has 0 aliphatic rings. The van der Waals surface area contributed by atoms with Gasteiger partial charge in [0.2, 0.25) is 0 Å². The molecule has 0 heterocycles. The molecule has 1 atom stereocenters. The molecule has 16 heavy (non-hydrogen) atoms. The highest BCUT2D eigenvalue weighted by molar-refractivity contribution is 5.94. The van der Waals surface area contributed by atoms with Crippen molar-refractivity contribution in [3.05, 3.63) is 35.1 Å². The van der Waals surface area contributed by atoms with Crippen molar-refractivity contribution in [2.45, 2.75) is 13.0 Å². The number of hydrogen-bond acceptors (Lipinski definition) is 2. The Morgan fingerprint density at radius 1 is 1.38 bits per heavy atom. The van der Waals surface area contributed by atoms with Crippen LogP contribution in [0, 0.1) is 17.5 Å². The number of rotatable bonds is 3. The number of halogens is 3. The number of carbonyl (C=O) groups is 1. The van der Waals surface area contributed by atoms with E-state index in [2.05, 4.69) is 5.32 Å². The van der Waals surface area contributed by atoms with Gasteiger partial charge >= 0.3 is 0 Å². The van der Waals surface area contributed by atoms with E-state index in [-0.39, 0.29) is 6.61 Å². The third kappa shape index (κ3) is 2.52. The Hall–Kier alpha value is -1.56. The molecule has 1 aromatic carbocycles. The topological polar surface area (TPSA) is 49.3 Å². The summed E-state index contributed by atoms with van der Waals surface area (Å²) in [5.74, 6) is -5.49. The molecular formula is C10H10F3NO2. The van der Waals surface area contributed by atoms with Crippen molar-refractivity contribution in [3.63, 3.8) is 0 Å². The number of aliphatic hydroxyl groups is 1. The van der Waals surface area contributed by atoms with Crippen LogP contribution in [-0.4, -0.2) is 23.7 Å². The third-order valence-corrected chi connectivity index (χ3v) is 1.93. The van der Waals surface area contributed by atoms with Crippen molar-refractivity contribution in [2.75, 3.05) is 6.61 Å². The van der Waals surface area contributed by atoms with Gasteiger partial charge in [-0.2, -0.15) is 0 Å². The summed E-state index contributed by atoms with van der Waals surface area (Å²) in [5.41, 5.74) is -0.598. The van der Waals surface area contributed by atoms with Crippen molar-refractivity contribution < 1.29 is 23.1 Å². The lowest BCUT2D eigenvalue weighted by Crippen LogP contribution is -2.35. The van der Waals surface area contributed by atoms with Crippen molar-refractivity contribution in [1.29, 1.82) is 0 Å². The van der Waals surface area contributed by atoms with Crippen LogP contribution in [-0.2, 0) is 0 Å². The highest BCUT2D eigenvalue weighted by Crippen LogP contribution is 2.15. The Morgan fingerprint density at radius 2 is 2.00 bits per heavy atom. The van der Waals surface area contributed by atoms with Gasteiger partial charge < -0.3 is 10.4 Å². The first kappa shape index (κ1) is 12.5. The Morgan fingerprint density at radius 3 is 2.56 bits per heavy atom. The standard InChI is InChI=1S/C10H10F3NO2/c1-5(4-15)14-10(16)6-2-3-7(11)9(13)8(6)12/h2-3,5,15H,4H2,1H3,(H,14,16). The van der Waals surface area contributed by atoms with Crippen LogP contribution in [0.4, 0.5) is 13.2 Å². The van der Waals surface area contributed by atoms with Crippen LogP contribution >= 0.6 is 0 Å². The van der Waals surface area contributed by atoms with Gasteiger partial charge in [0.25, 0.3) is 5.91 Å². The molecule has 0 aliphatic heterocycles. The predicted octanol–water partition coefficient (Wildman–Crippen LogP) is 1.21. The number of carbonyl (C=O) groups excluding carboxylic acids is 1. The van der Waals surface area contributed by atoms with Crippen molar-refractivity contribution in [3.8, 4) is 0 Å². The molecule has 0 saturated carbocycles. The van der Waals surface area contributed by atoms with Crippen LogP contribution < -0.4 is 5.32 Å². The fourth-order valence-electron chi connectivity index (χ4n) is 1.05. The summed E-state index contributed by atoms with van der Waals surface area (Å²) in [7, 11) is 0. The molecule has 0 radical (unpaired) electrons. The Kier molecular flexibility index (Phi) is 3.89. The summed E-state index contributed by atoms with van der Waals surface area (Å²) < 4.78 is 38.5. The number of benzene rings is 1. The van der Waals surface area contributed by atoms with Crippen LogP contribution in [0.3, 0.4) is 0 Å². The summed E-state index contributed by atoms with van der Waals surface area (Å²) >= 11 is 0. The number of hydrogen-bond donors (Lipinski definition) is 2. The number of nitrogens with one attached hydrogen (secondary N) is 1. The second-order valence-corrected chi connectivity index (χ2v) is 3.28. The summed E-state index contributed by atoms with van der Waals surface area (Å²) in [6.07, 6.45) is 0. The molecule has 0 spiro atoms. The zero-order chi connectivity index (χ0) is 12.3. The maximum Gasteiger partial charge on any atom is 0.254 e. The molecule has 0 aliphatic carbocycles. The van der Waals surface area contributed by atoms with Crippen LogP contribution in [0.25, 0.3) is 0 Å². The van der Waals surface area contributed by atoms with Crippen LogP contribution in [0.2, 0.25) is 0 Å². The van der Waals surface area contributed by atoms with Crippen molar-refractivity contribution >= 4 is 5.91 Å². The smallest absolute Gasteiger partial charge is 0.254 e. The van der Waals surface area contributed by atoms with E-state index >= 15 is 0 Å². The molecule has 1 aromatic rings. The van der Waals surface area contributed by atoms with Gasteiger partial charge in [-0.1, -0.05) is 0 Å². The lowest BCUT2D eigenvalue weighted by Gasteiger charge is -2.11. The second kappa shape index (κ2) is 4.98. The first-order valence-electron chi connectivity index (χ1n) is 4.52. The van der Waals surface area contributed by atoms with Crippen molar-refractivity contribution in [2.24, 2.45) is 0 Å². The van der Waals surface area contributed by atoms with E-state index in [1.807, 2.05) is 0 Å². The maximum absolute atomic E-state index is 13.1. The van der Waals surface area contributed by atoms with E-state index in [1.54, 1.807) is 0 Å². The maximum atomic E-state index is 13.1. The molecule has 1 amide bonds. The van der Waals surface area contributed by atoms with Gasteiger partial charge in [0.15, 0.2) is 17.5 Å². The van der Waals surface area contributed by atoms with Gasteiger partial charge in [-0.3, -0.25) is 4.79 Å². The highest BCUT2D eigenvalue weighted by Gasteiger charge is 2.19. The molecular weight excluding hydrogens is 223 g/mol. The van der Waals surface area contributed by atoms with E-state index in [9.17, 15) is 18.0 Å². The van der Waals surface area contributed by atoms with E-state index < -0.39 is 35.0 Å². The average Bonchev–Trinajstić information content (AvgIpc) is 2.25. The normalized spacial score (nSPS) is 12.3. The molecule has 3 nitrogen and oxygen atoms in total. The lowest BCUT2D eigenvalue weighted by atomic mass is 10.1. The number of aliphatic hydroxyl groups excluding tert-OH is 1. The molecule has 88 valence electrons. The molecule has 0 aromatic heterocycles. The van der Waals surface area contributed by atoms with Gasteiger partial charge in [-0.05, 0) is 19.1 Å². The summed E-state index contributed by atoms with van der Waals surface area (Å²) in [6.45, 7) is 1.15. The van der Waals surface area contributed by atoms with Crippen LogP contribution in [0.1, 0.15) is 17.3 Å². The van der Waals surface area contributed by atoms with E-state index in [0.717, 1.165) is 6.07 Å². The van der Waals surface area contributed by atoms with Gasteiger partial charge in [0.1, 0.15) is 0 Å². The highest BCUT2D eigenvalue weighted by atomic mass is 19.2. The first-order chi connectivity index (χ1) is 7.47. The minimum atomic E-state index is -1.69. The van der Waals surface area contributed by atoms with Gasteiger partial charge in [-0.25, -0.2) is 13.2 Å². The quantitative estimate of drug-likeness (QED) is 0.771. The van der Waals surface area contributed by atoms with E-state index in [0.29, 0.717) is 6.07 Å². The lowest BCUT2D eigenvalue weighted by molar-refractivity contribution is 0.0917. The molecule has 2 N–H and O–H groups in total. The monoisotopic (exact) mass is 233 g/mol. The molecule has 6 heteroatoms. The summed E-state index contributed by atoms with van der Waals surface area (Å²) in [4.78, 5) is 11.3. The molecule has 0 bridgehead atoms. The zero-order valence-corrected chi connectivity index (χ0v) is 8.43. The number of amides is 1. The SMILES string of the molecule is CC(CO)NC(=O)c1ccc(F)c(F)c1F. The van der Waals surface area contributed by atoms with Crippen LogP contribution in [0.5, 0.6) is 0 Å². The fraction of sp³-hybridized carbons (Fsp3) is 0.300. The van der Waals surface area contributed by atoms with E-state index in [4.69, 9.17) is 5.11 Å². The first-order valence-corrected chi connectivity index (χ1v) is 4.52. The predicted molar refractivity (Wildman–Crippen MR) is 50.3 cm³/mol. The van der Waals surface area contributed by atoms with Gasteiger partial charge in [0, 0.05) is 6.04 Å². The molecule has 1 rings (SSSR count). The minimum absolute atomic E-state index is 0.336. The molecule has 1 unspecified atom stereocenters. The fourth-order valence-corrected chi connectivity index (χ4v) is 1.05. The largest absolute Gasteiger partial charge is 0.394 e. The minimum Gasteiger partial charge on any atom is -0.394 e. The van der Waals surface area contributed by atoms with E-state index in [1.165, 1.54) is 6.92 Å². The molecule has 0 saturated heterocycles. The zero-order valence-electron chi connectivity index (χ0n) is 8.43. The van der Waals surface area contributed by atoms with Crippen molar-refractivity contribution in [1.82, 2.24) is 5.32 Å². The summed E-state index contributed by atoms with van der Waals surface area (Å²) in [5, 5.41) is 10.9. The van der Waals surface area contributed by atoms with Gasteiger partial charge in [0.05, 0.1) is 12.2 Å².